The van der Waals surface area contributed by atoms with Gasteiger partial charge >= 0.3 is 6.43 Å². The van der Waals surface area contributed by atoms with Crippen molar-refractivity contribution in [1.82, 2.24) is 15.1 Å². The summed E-state index contributed by atoms with van der Waals surface area (Å²) in [4.78, 5) is 39.0. The van der Waals surface area contributed by atoms with Gasteiger partial charge in [0.25, 0.3) is 11.8 Å². The maximum Gasteiger partial charge on any atom is 0.314 e. The first kappa shape index (κ1) is 27.0. The number of carbonyl (C=O) groups excluding carboxylic acids is 3. The lowest BCUT2D eigenvalue weighted by atomic mass is 9.93. The molecule has 1 aromatic heterocycles. The fourth-order valence-corrected chi connectivity index (χ4v) is 4.31. The second-order valence-corrected chi connectivity index (χ2v) is 8.82. The number of nitrogens with two attached hydrogens (primary N) is 1. The Bertz CT molecular complexity index is 1440. The number of rotatable bonds is 8. The summed E-state index contributed by atoms with van der Waals surface area (Å²) in [5.74, 6) is -3.67. The van der Waals surface area contributed by atoms with Crippen LogP contribution in [0.15, 0.2) is 46.9 Å². The van der Waals surface area contributed by atoms with Crippen LogP contribution < -0.4 is 11.1 Å². The minimum atomic E-state index is -2.95. The molecule has 0 saturated heterocycles. The monoisotopic (exact) mass is 547 g/mol. The van der Waals surface area contributed by atoms with E-state index in [0.29, 0.717) is 17.0 Å². The third kappa shape index (κ3) is 5.60. The quantitative estimate of drug-likeness (QED) is 0.431. The lowest BCUT2D eigenvalue weighted by Gasteiger charge is -2.32. The van der Waals surface area contributed by atoms with Crippen LogP contribution >= 0.6 is 11.6 Å². The third-order valence-corrected chi connectivity index (χ3v) is 6.17. The van der Waals surface area contributed by atoms with E-state index in [1.807, 2.05) is 0 Å². The van der Waals surface area contributed by atoms with Gasteiger partial charge in [0.15, 0.2) is 5.78 Å². The second-order valence-electron chi connectivity index (χ2n) is 8.38. The van der Waals surface area contributed by atoms with Crippen LogP contribution in [-0.2, 0) is 9.59 Å². The Labute approximate surface area is 219 Å². The van der Waals surface area contributed by atoms with E-state index in [1.165, 1.54) is 30.3 Å². The predicted molar refractivity (Wildman–Crippen MR) is 132 cm³/mol. The van der Waals surface area contributed by atoms with Crippen LogP contribution in [0.25, 0.3) is 17.0 Å². The van der Waals surface area contributed by atoms with Crippen LogP contribution in [0.4, 0.5) is 18.9 Å². The molecule has 0 fully saturated rings. The van der Waals surface area contributed by atoms with Gasteiger partial charge in [0, 0.05) is 28.4 Å². The average molecular weight is 548 g/mol. The Hall–Kier alpha value is -4.03. The van der Waals surface area contributed by atoms with Gasteiger partial charge in [-0.1, -0.05) is 24.6 Å². The number of Topliss-reactive ketones (excluding diaryl/α,β-unsaturated/α-hetero) is 1. The van der Waals surface area contributed by atoms with Crippen molar-refractivity contribution in [3.05, 3.63) is 70.3 Å². The number of alkyl halides is 2. The molecule has 4 rings (SSSR count). The minimum Gasteiger partial charge on any atom is -0.415 e. The summed E-state index contributed by atoms with van der Waals surface area (Å²) < 4.78 is 45.0. The van der Waals surface area contributed by atoms with E-state index in [4.69, 9.17) is 21.8 Å². The van der Waals surface area contributed by atoms with Gasteiger partial charge in [-0.2, -0.15) is 8.78 Å². The molecule has 1 aliphatic rings. The predicted octanol–water partition coefficient (Wildman–Crippen LogP) is 4.25. The van der Waals surface area contributed by atoms with Gasteiger partial charge in [0.05, 0.1) is 18.2 Å². The molecule has 0 saturated carbocycles. The first-order valence-corrected chi connectivity index (χ1v) is 11.8. The average Bonchev–Trinajstić information content (AvgIpc) is 3.35. The van der Waals surface area contributed by atoms with Crippen molar-refractivity contribution in [2.75, 3.05) is 18.4 Å². The van der Waals surface area contributed by atoms with E-state index in [2.05, 4.69) is 15.5 Å². The van der Waals surface area contributed by atoms with Gasteiger partial charge in [-0.05, 0) is 48.4 Å². The molecule has 1 atom stereocenters. The molecule has 0 aliphatic carbocycles. The van der Waals surface area contributed by atoms with Crippen molar-refractivity contribution in [2.24, 2.45) is 5.73 Å². The molecule has 9 nitrogen and oxygen atoms in total. The third-order valence-electron chi connectivity index (χ3n) is 5.94. The van der Waals surface area contributed by atoms with Crippen LogP contribution in [0.3, 0.4) is 0 Å². The molecule has 2 aromatic carbocycles. The van der Waals surface area contributed by atoms with Crippen LogP contribution in [0.2, 0.25) is 5.02 Å². The molecule has 2 amide bonds. The van der Waals surface area contributed by atoms with Gasteiger partial charge in [-0.25, -0.2) is 4.39 Å². The molecule has 38 heavy (non-hydrogen) atoms. The summed E-state index contributed by atoms with van der Waals surface area (Å²) >= 11 is 6.14. The smallest absolute Gasteiger partial charge is 0.314 e. The highest BCUT2D eigenvalue weighted by Gasteiger charge is 2.31. The normalized spacial score (nSPS) is 14.9. The maximum atomic E-state index is 14.1. The van der Waals surface area contributed by atoms with E-state index in [-0.39, 0.29) is 47.2 Å². The Morgan fingerprint density at radius 3 is 2.55 bits per heavy atom. The number of halogens is 4. The summed E-state index contributed by atoms with van der Waals surface area (Å²) in [5, 5.41) is 9.89. The highest BCUT2D eigenvalue weighted by atomic mass is 35.5. The number of benzene rings is 2. The number of amides is 2. The lowest BCUT2D eigenvalue weighted by Crippen LogP contribution is -2.48. The Kier molecular flexibility index (Phi) is 7.93. The number of primary amides is 1. The van der Waals surface area contributed by atoms with Gasteiger partial charge < -0.3 is 15.5 Å². The Balaban J connectivity index is 1.56. The van der Waals surface area contributed by atoms with E-state index >= 15 is 0 Å². The summed E-state index contributed by atoms with van der Waals surface area (Å²) in [6, 6.07) is 7.27. The number of hydrogen-bond acceptors (Lipinski definition) is 7. The fourth-order valence-electron chi connectivity index (χ4n) is 4.14. The molecule has 2 heterocycles. The van der Waals surface area contributed by atoms with Crippen molar-refractivity contribution < 1.29 is 32.0 Å². The van der Waals surface area contributed by atoms with Crippen LogP contribution in [-0.4, -0.2) is 51.8 Å². The van der Waals surface area contributed by atoms with Gasteiger partial charge in [-0.15, -0.1) is 10.2 Å². The van der Waals surface area contributed by atoms with Crippen molar-refractivity contribution >= 4 is 40.5 Å². The van der Waals surface area contributed by atoms with Crippen molar-refractivity contribution in [2.45, 2.75) is 25.8 Å². The van der Waals surface area contributed by atoms with Crippen LogP contribution in [0, 0.1) is 5.82 Å². The largest absolute Gasteiger partial charge is 0.415 e. The van der Waals surface area contributed by atoms with E-state index in [9.17, 15) is 27.6 Å². The van der Waals surface area contributed by atoms with Gasteiger partial charge in [-0.3, -0.25) is 19.3 Å². The lowest BCUT2D eigenvalue weighted by molar-refractivity contribution is -0.123. The van der Waals surface area contributed by atoms with Crippen LogP contribution in [0.1, 0.15) is 41.6 Å². The summed E-state index contributed by atoms with van der Waals surface area (Å²) in [6.07, 6.45) is -1.01. The van der Waals surface area contributed by atoms with E-state index in [1.54, 1.807) is 17.9 Å². The fraction of sp³-hybridized carbons (Fsp3) is 0.240. The maximum absolute atomic E-state index is 14.1. The summed E-state index contributed by atoms with van der Waals surface area (Å²) in [7, 11) is 0. The zero-order chi connectivity index (χ0) is 27.6. The first-order valence-electron chi connectivity index (χ1n) is 11.4. The van der Waals surface area contributed by atoms with E-state index in [0.717, 1.165) is 6.07 Å². The van der Waals surface area contributed by atoms with Crippen molar-refractivity contribution in [3.63, 3.8) is 0 Å². The SMILES string of the molecule is CCC(C(=O)Nc1ccc(C(N)=O)c(F)c1)N1CC=C(c2cc(Cl)ccc2-c2nnc(C(F)F)o2)C(=O)C1. The zero-order valence-corrected chi connectivity index (χ0v) is 20.6. The molecule has 1 unspecified atom stereocenters. The van der Waals surface area contributed by atoms with Crippen LogP contribution in [0.5, 0.6) is 0 Å². The standard InChI is InChI=1S/C25H21ClF3N5O4/c1-2-19(23(37)31-13-4-6-16(22(30)36)18(27)10-13)34-8-7-14(20(35)11-34)17-9-12(26)3-5-15(17)24-32-33-25(38-24)21(28)29/h3-7,9-10,19,21H,2,8,11H2,1H3,(H2,30,36)(H,31,37). The highest BCUT2D eigenvalue weighted by Crippen LogP contribution is 2.34. The first-order chi connectivity index (χ1) is 18.1. The number of aromatic nitrogens is 2. The zero-order valence-electron chi connectivity index (χ0n) is 19.9. The number of carbonyl (C=O) groups is 3. The number of hydrogen-bond donors (Lipinski definition) is 2. The molecular formula is C25H21ClF3N5O4. The van der Waals surface area contributed by atoms with E-state index < -0.39 is 36.0 Å². The molecule has 0 radical (unpaired) electrons. The highest BCUT2D eigenvalue weighted by molar-refractivity contribution is 6.31. The molecule has 1 aliphatic heterocycles. The van der Waals surface area contributed by atoms with Gasteiger partial charge in [0.1, 0.15) is 5.82 Å². The molecule has 3 aromatic rings. The minimum absolute atomic E-state index is 0.127. The molecule has 13 heteroatoms. The molecule has 198 valence electrons. The number of nitrogens with one attached hydrogen (secondary N) is 1. The topological polar surface area (TPSA) is 131 Å². The Morgan fingerprint density at radius 1 is 1.18 bits per heavy atom. The molecular weight excluding hydrogens is 527 g/mol. The number of nitrogens with zero attached hydrogens (tertiary/aromatic N) is 3. The Morgan fingerprint density at radius 2 is 1.95 bits per heavy atom. The molecule has 0 bridgehead atoms. The second kappa shape index (κ2) is 11.2. The molecule has 0 spiro atoms. The van der Waals surface area contributed by atoms with Crippen molar-refractivity contribution in [1.29, 1.82) is 0 Å². The summed E-state index contributed by atoms with van der Waals surface area (Å²) in [6.45, 7) is 1.82. The number of ketones is 1. The molecule has 3 N–H and O–H groups in total. The van der Waals surface area contributed by atoms with Gasteiger partial charge in [0.2, 0.25) is 11.8 Å². The summed E-state index contributed by atoms with van der Waals surface area (Å²) in [5.41, 5.74) is 5.77. The number of anilines is 1. The van der Waals surface area contributed by atoms with Crippen molar-refractivity contribution in [3.8, 4) is 11.5 Å².